The van der Waals surface area contributed by atoms with Gasteiger partial charge in [-0.2, -0.15) is 0 Å². The molecule has 2 N–H and O–H groups in total. The van der Waals surface area contributed by atoms with Crippen LogP contribution in [0.2, 0.25) is 0 Å². The quantitative estimate of drug-likeness (QED) is 0.739. The molecule has 2 heterocycles. The van der Waals surface area contributed by atoms with E-state index in [0.717, 1.165) is 25.2 Å². The first-order chi connectivity index (χ1) is 11.3. The van der Waals surface area contributed by atoms with Gasteiger partial charge >= 0.3 is 0 Å². The highest BCUT2D eigenvalue weighted by atomic mass is 14.9. The fraction of sp³-hybridized carbons (Fsp3) is 0.238. The minimum Gasteiger partial charge on any atom is -0.355 e. The minimum atomic E-state index is 0.196. The van der Waals surface area contributed by atoms with Gasteiger partial charge in [-0.25, -0.2) is 0 Å². The topological polar surface area (TPSA) is 27.8 Å². The number of rotatable bonds is 4. The van der Waals surface area contributed by atoms with E-state index in [0.29, 0.717) is 0 Å². The van der Waals surface area contributed by atoms with Crippen molar-refractivity contribution < 1.29 is 0 Å². The van der Waals surface area contributed by atoms with Crippen molar-refractivity contribution in [3.8, 4) is 0 Å². The van der Waals surface area contributed by atoms with E-state index in [1.165, 1.54) is 28.5 Å². The summed E-state index contributed by atoms with van der Waals surface area (Å²) in [6.45, 7) is 6.00. The second-order valence-corrected chi connectivity index (χ2v) is 6.60. The molecule has 1 aliphatic heterocycles. The molecule has 4 rings (SSSR count). The van der Waals surface area contributed by atoms with Crippen LogP contribution in [0.1, 0.15) is 23.2 Å². The van der Waals surface area contributed by atoms with Gasteiger partial charge < -0.3 is 10.3 Å². The van der Waals surface area contributed by atoms with Crippen LogP contribution in [0.4, 0.5) is 0 Å². The van der Waals surface area contributed by atoms with Gasteiger partial charge in [-0.05, 0) is 54.8 Å². The summed E-state index contributed by atoms with van der Waals surface area (Å²) in [7, 11) is 0. The Bertz CT molecular complexity index is 823. The zero-order valence-electron chi connectivity index (χ0n) is 13.3. The molecule has 2 heteroatoms. The highest BCUT2D eigenvalue weighted by molar-refractivity contribution is 5.83. The Labute approximate surface area is 137 Å². The highest BCUT2D eigenvalue weighted by Crippen LogP contribution is 2.36. The lowest BCUT2D eigenvalue weighted by atomic mass is 9.74. The monoisotopic (exact) mass is 302 g/mol. The van der Waals surface area contributed by atoms with E-state index in [1.807, 2.05) is 6.08 Å². The zero-order valence-corrected chi connectivity index (χ0v) is 13.3. The molecule has 23 heavy (non-hydrogen) atoms. The lowest BCUT2D eigenvalue weighted by molar-refractivity contribution is 0.468. The van der Waals surface area contributed by atoms with E-state index in [9.17, 15) is 0 Å². The summed E-state index contributed by atoms with van der Waals surface area (Å²) in [4.78, 5) is 3.39. The van der Waals surface area contributed by atoms with Crippen LogP contribution in [-0.4, -0.2) is 18.1 Å². The number of hydrogen-bond donors (Lipinski definition) is 2. The fourth-order valence-electron chi connectivity index (χ4n) is 3.82. The Morgan fingerprint density at radius 3 is 2.70 bits per heavy atom. The molecule has 116 valence electrons. The molecule has 2 aromatic carbocycles. The lowest BCUT2D eigenvalue weighted by Gasteiger charge is -2.29. The van der Waals surface area contributed by atoms with Gasteiger partial charge in [-0.1, -0.05) is 43.0 Å². The third kappa shape index (κ3) is 2.60. The maximum Gasteiger partial charge on any atom is 0.0458 e. The Kier molecular flexibility index (Phi) is 3.55. The second-order valence-electron chi connectivity index (χ2n) is 6.60. The Morgan fingerprint density at radius 1 is 1.09 bits per heavy atom. The van der Waals surface area contributed by atoms with Crippen LogP contribution in [-0.2, 0) is 11.8 Å². The number of fused-ring (bicyclic) bond motifs is 1. The number of benzene rings is 2. The van der Waals surface area contributed by atoms with Crippen LogP contribution in [0.3, 0.4) is 0 Å². The van der Waals surface area contributed by atoms with Crippen molar-refractivity contribution in [2.75, 3.05) is 13.1 Å². The highest BCUT2D eigenvalue weighted by Gasteiger charge is 2.35. The molecule has 1 fully saturated rings. The van der Waals surface area contributed by atoms with Crippen LogP contribution in [0.5, 0.6) is 0 Å². The summed E-state index contributed by atoms with van der Waals surface area (Å²) >= 11 is 0. The maximum absolute atomic E-state index is 3.85. The summed E-state index contributed by atoms with van der Waals surface area (Å²) in [5, 5.41) is 4.85. The van der Waals surface area contributed by atoms with Crippen LogP contribution < -0.4 is 5.32 Å². The number of nitrogens with one attached hydrogen (secondary N) is 2. The zero-order chi connectivity index (χ0) is 15.7. The van der Waals surface area contributed by atoms with Crippen LogP contribution in [0, 0.1) is 0 Å². The van der Waals surface area contributed by atoms with Crippen LogP contribution in [0.25, 0.3) is 17.0 Å². The predicted molar refractivity (Wildman–Crippen MR) is 97.7 cm³/mol. The first-order valence-corrected chi connectivity index (χ1v) is 8.29. The van der Waals surface area contributed by atoms with Crippen molar-refractivity contribution in [1.82, 2.24) is 10.3 Å². The molecule has 2 nitrogen and oxygen atoms in total. The Hall–Kier alpha value is -2.32. The van der Waals surface area contributed by atoms with Crippen LogP contribution in [0.15, 0.2) is 61.2 Å². The van der Waals surface area contributed by atoms with Gasteiger partial charge in [0, 0.05) is 28.6 Å². The van der Waals surface area contributed by atoms with Gasteiger partial charge in [0.15, 0.2) is 0 Å². The minimum absolute atomic E-state index is 0.196. The van der Waals surface area contributed by atoms with Crippen molar-refractivity contribution in [1.29, 1.82) is 0 Å². The first kappa shape index (κ1) is 14.3. The van der Waals surface area contributed by atoms with Crippen molar-refractivity contribution >= 4 is 17.0 Å². The molecular weight excluding hydrogens is 280 g/mol. The second kappa shape index (κ2) is 5.71. The molecule has 1 unspecified atom stereocenters. The van der Waals surface area contributed by atoms with E-state index in [1.54, 1.807) is 0 Å². The lowest BCUT2D eigenvalue weighted by Crippen LogP contribution is -2.31. The van der Waals surface area contributed by atoms with Gasteiger partial charge in [0.25, 0.3) is 0 Å². The normalized spacial score (nSPS) is 20.9. The van der Waals surface area contributed by atoms with E-state index in [4.69, 9.17) is 0 Å². The SMILES string of the molecule is C=Cc1cc2cc(C3(Cc4ccccc4)CCNC3)ccc2[nH]1. The van der Waals surface area contributed by atoms with E-state index < -0.39 is 0 Å². The van der Waals surface area contributed by atoms with Gasteiger partial charge in [0.2, 0.25) is 0 Å². The molecule has 1 atom stereocenters. The van der Waals surface area contributed by atoms with Crippen LogP contribution >= 0.6 is 0 Å². The number of hydrogen-bond acceptors (Lipinski definition) is 1. The predicted octanol–water partition coefficient (Wildman–Crippen LogP) is 4.28. The van der Waals surface area contributed by atoms with Crippen molar-refractivity contribution in [2.45, 2.75) is 18.3 Å². The molecule has 0 bridgehead atoms. The summed E-state index contributed by atoms with van der Waals surface area (Å²) in [6.07, 6.45) is 4.15. The molecule has 1 saturated heterocycles. The molecular formula is C21H22N2. The average molecular weight is 302 g/mol. The number of aromatic amines is 1. The molecule has 1 aromatic heterocycles. The smallest absolute Gasteiger partial charge is 0.0458 e. The third-order valence-electron chi connectivity index (χ3n) is 5.10. The van der Waals surface area contributed by atoms with E-state index >= 15 is 0 Å². The summed E-state index contributed by atoms with van der Waals surface area (Å²) in [5.74, 6) is 0. The van der Waals surface area contributed by atoms with Gasteiger partial charge in [0.1, 0.15) is 0 Å². The van der Waals surface area contributed by atoms with E-state index in [2.05, 4.69) is 71.5 Å². The summed E-state index contributed by atoms with van der Waals surface area (Å²) in [6, 6.07) is 19.9. The molecule has 0 saturated carbocycles. The molecule has 0 spiro atoms. The number of aromatic nitrogens is 1. The summed E-state index contributed by atoms with van der Waals surface area (Å²) < 4.78 is 0. The average Bonchev–Trinajstić information content (AvgIpc) is 3.22. The molecule has 0 radical (unpaired) electrons. The fourth-order valence-corrected chi connectivity index (χ4v) is 3.82. The molecule has 3 aromatic rings. The van der Waals surface area contributed by atoms with Crippen molar-refractivity contribution in [2.24, 2.45) is 0 Å². The van der Waals surface area contributed by atoms with Crippen molar-refractivity contribution in [3.63, 3.8) is 0 Å². The van der Waals surface area contributed by atoms with Crippen molar-refractivity contribution in [3.05, 3.63) is 78.0 Å². The number of H-pyrrole nitrogens is 1. The molecule has 0 aliphatic carbocycles. The molecule has 0 amide bonds. The first-order valence-electron chi connectivity index (χ1n) is 8.29. The van der Waals surface area contributed by atoms with E-state index in [-0.39, 0.29) is 5.41 Å². The molecule has 1 aliphatic rings. The standard InChI is InChI=1S/C21H22N2/c1-2-19-13-17-12-18(8-9-20(17)23-19)21(10-11-22-15-21)14-16-6-4-3-5-7-16/h2-9,12-13,22-23H,1,10-11,14-15H2. The largest absolute Gasteiger partial charge is 0.355 e. The van der Waals surface area contributed by atoms with Gasteiger partial charge in [-0.15, -0.1) is 0 Å². The van der Waals surface area contributed by atoms with Gasteiger partial charge in [0.05, 0.1) is 0 Å². The third-order valence-corrected chi connectivity index (χ3v) is 5.10. The Morgan fingerprint density at radius 2 is 1.96 bits per heavy atom. The maximum atomic E-state index is 3.85. The van der Waals surface area contributed by atoms with Gasteiger partial charge in [-0.3, -0.25) is 0 Å². The summed E-state index contributed by atoms with van der Waals surface area (Å²) in [5.41, 5.74) is 5.31. The Balaban J connectivity index is 1.76.